The van der Waals surface area contributed by atoms with E-state index in [9.17, 15) is 0 Å². The molecule has 0 nitrogen and oxygen atoms in total. The Hall–Kier alpha value is -0.260. The largest absolute Gasteiger partial charge is 0.0848 e. The van der Waals surface area contributed by atoms with Crippen molar-refractivity contribution in [3.8, 4) is 0 Å². The highest BCUT2D eigenvalue weighted by Crippen LogP contribution is 2.99. The molecule has 10 fully saturated rings. The Labute approximate surface area is 188 Å². The van der Waals surface area contributed by atoms with E-state index < -0.39 is 0 Å². The Kier molecular flexibility index (Phi) is 2.26. The van der Waals surface area contributed by atoms with Gasteiger partial charge in [-0.15, -0.1) is 0 Å². The van der Waals surface area contributed by atoms with Gasteiger partial charge in [-0.1, -0.05) is 39.3 Å². The minimum Gasteiger partial charge on any atom is -0.0848 e. The molecule has 31 heavy (non-hydrogen) atoms. The van der Waals surface area contributed by atoms with E-state index in [-0.39, 0.29) is 0 Å². The van der Waals surface area contributed by atoms with Crippen molar-refractivity contribution in [2.75, 3.05) is 0 Å². The second-order valence-corrected chi connectivity index (χ2v) is 16.1. The summed E-state index contributed by atoms with van der Waals surface area (Å²) >= 11 is 0. The summed E-state index contributed by atoms with van der Waals surface area (Å²) in [5.74, 6) is 21.9. The molecule has 0 aromatic carbocycles. The van der Waals surface area contributed by atoms with Crippen LogP contribution in [-0.2, 0) is 0 Å². The second kappa shape index (κ2) is 4.28. The summed E-state index contributed by atoms with van der Waals surface area (Å²) in [4.78, 5) is 0. The molecule has 0 amide bonds. The van der Waals surface area contributed by atoms with Crippen LogP contribution >= 0.6 is 0 Å². The highest BCUT2D eigenvalue weighted by molar-refractivity contribution is 5.42. The van der Waals surface area contributed by atoms with Crippen molar-refractivity contribution in [3.05, 3.63) is 12.2 Å². The fraction of sp³-hybridized carbons (Fsp3) is 0.935. The molecule has 0 aliphatic heterocycles. The van der Waals surface area contributed by atoms with Crippen molar-refractivity contribution >= 4 is 0 Å². The van der Waals surface area contributed by atoms with Gasteiger partial charge in [0, 0.05) is 0 Å². The van der Waals surface area contributed by atoms with Crippen molar-refractivity contribution in [2.24, 2.45) is 123 Å². The minimum absolute atomic E-state index is 0.810. The van der Waals surface area contributed by atoms with Crippen molar-refractivity contribution in [1.29, 1.82) is 0 Å². The average Bonchev–Trinajstić information content (AvgIpc) is 3.31. The topological polar surface area (TPSA) is 0 Å². The highest BCUT2D eigenvalue weighted by Gasteiger charge is 2.95. The van der Waals surface area contributed by atoms with Crippen molar-refractivity contribution in [2.45, 2.75) is 52.9 Å². The molecule has 21 atom stereocenters. The van der Waals surface area contributed by atoms with E-state index in [4.69, 9.17) is 0 Å². The third kappa shape index (κ3) is 1.28. The second-order valence-electron chi connectivity index (χ2n) is 16.1. The molecule has 21 unspecified atom stereocenters. The van der Waals surface area contributed by atoms with Gasteiger partial charge in [0.05, 0.1) is 0 Å². The molecule has 10 saturated carbocycles. The van der Waals surface area contributed by atoms with Crippen molar-refractivity contribution in [1.82, 2.24) is 0 Å². The summed E-state index contributed by atoms with van der Waals surface area (Å²) in [5.41, 5.74) is 1.63. The van der Waals surface area contributed by atoms with E-state index >= 15 is 0 Å². The molecule has 0 saturated heterocycles. The summed E-state index contributed by atoms with van der Waals surface area (Å²) < 4.78 is 0. The van der Waals surface area contributed by atoms with Crippen LogP contribution in [0.3, 0.4) is 0 Å². The van der Waals surface area contributed by atoms with Gasteiger partial charge in [0.25, 0.3) is 0 Å². The summed E-state index contributed by atoms with van der Waals surface area (Å²) in [6.07, 6.45) is 13.4. The first-order valence-electron chi connectivity index (χ1n) is 14.7. The van der Waals surface area contributed by atoms with Crippen LogP contribution in [0.1, 0.15) is 52.9 Å². The van der Waals surface area contributed by atoms with Gasteiger partial charge in [-0.05, 0) is 149 Å². The third-order valence-electron chi connectivity index (χ3n) is 16.6. The molecule has 0 radical (unpaired) electrons. The SMILES string of the molecule is CC1CCC2CC1C1C3C4C(C5C6CC7C8C=CC(C8)C7C6C6C5C46C)C4C3C4(C)C21. The zero-order valence-corrected chi connectivity index (χ0v) is 19.7. The number of hydrogen-bond donors (Lipinski definition) is 0. The molecular formula is C31H40. The van der Waals surface area contributed by atoms with Crippen LogP contribution in [0, 0.1) is 123 Å². The molecule has 0 aromatic rings. The molecule has 0 heterocycles. The predicted octanol–water partition coefficient (Wildman–Crippen LogP) is 6.38. The van der Waals surface area contributed by atoms with Crippen LogP contribution in [0.4, 0.5) is 0 Å². The monoisotopic (exact) mass is 412 g/mol. The van der Waals surface area contributed by atoms with Crippen LogP contribution < -0.4 is 0 Å². The molecule has 0 aromatic heterocycles. The Morgan fingerprint density at radius 2 is 1.19 bits per heavy atom. The van der Waals surface area contributed by atoms with E-state index in [1.165, 1.54) is 71.0 Å². The van der Waals surface area contributed by atoms with Gasteiger partial charge in [0.2, 0.25) is 0 Å². The third-order valence-corrected chi connectivity index (χ3v) is 16.6. The fourth-order valence-corrected chi connectivity index (χ4v) is 16.8. The summed E-state index contributed by atoms with van der Waals surface area (Å²) in [5, 5.41) is 0. The van der Waals surface area contributed by atoms with E-state index in [0.29, 0.717) is 0 Å². The van der Waals surface area contributed by atoms with Gasteiger partial charge in [0.1, 0.15) is 0 Å². The Bertz CT molecular complexity index is 992. The first-order chi connectivity index (χ1) is 15.1. The van der Waals surface area contributed by atoms with Gasteiger partial charge in [-0.3, -0.25) is 0 Å². The van der Waals surface area contributed by atoms with Crippen LogP contribution in [0.15, 0.2) is 12.2 Å². The van der Waals surface area contributed by atoms with Gasteiger partial charge < -0.3 is 0 Å². The molecule has 4 bridgehead atoms. The number of allylic oxidation sites excluding steroid dienone is 2. The van der Waals surface area contributed by atoms with Crippen molar-refractivity contribution < 1.29 is 0 Å². The van der Waals surface area contributed by atoms with Gasteiger partial charge >= 0.3 is 0 Å². The molecular weight excluding hydrogens is 372 g/mol. The van der Waals surface area contributed by atoms with Crippen molar-refractivity contribution in [3.63, 3.8) is 0 Å². The lowest BCUT2D eigenvalue weighted by Gasteiger charge is -2.38. The molecule has 0 heteroatoms. The van der Waals surface area contributed by atoms with Crippen LogP contribution in [0.5, 0.6) is 0 Å². The lowest BCUT2D eigenvalue weighted by atomic mass is 9.67. The molecule has 11 rings (SSSR count). The molecule has 0 spiro atoms. The summed E-state index contributed by atoms with van der Waals surface area (Å²) in [7, 11) is 0. The first kappa shape index (κ1) is 16.4. The van der Waals surface area contributed by atoms with Crippen LogP contribution in [0.2, 0.25) is 0 Å². The zero-order chi connectivity index (χ0) is 19.9. The number of fused-ring (bicyclic) bond motifs is 23. The minimum atomic E-state index is 0.810. The quantitative estimate of drug-likeness (QED) is 0.405. The standard InChI is InChI=1S/C31H40/c1-11-4-5-14-9-15(11)19-22-25-23(29-28(22)30(29,2)24(14)19)21-17-10-16-12-6-7-13(8-12)18(16)20(17)26-27(21)31(25,26)3/h6-7,11-29H,4-5,8-10H2,1-3H3. The first-order valence-corrected chi connectivity index (χ1v) is 14.7. The number of hydrogen-bond acceptors (Lipinski definition) is 0. The lowest BCUT2D eigenvalue weighted by Crippen LogP contribution is -2.33. The maximum Gasteiger partial charge on any atom is -0.0194 e. The molecule has 0 N–H and O–H groups in total. The fourth-order valence-electron chi connectivity index (χ4n) is 16.8. The highest BCUT2D eigenvalue weighted by atomic mass is 15.0. The Balaban J connectivity index is 1.05. The van der Waals surface area contributed by atoms with Crippen LogP contribution in [0.25, 0.3) is 0 Å². The van der Waals surface area contributed by atoms with Gasteiger partial charge in [0.15, 0.2) is 0 Å². The summed E-state index contributed by atoms with van der Waals surface area (Å²) in [6.45, 7) is 8.42. The molecule has 164 valence electrons. The van der Waals surface area contributed by atoms with Crippen LogP contribution in [-0.4, -0.2) is 0 Å². The molecule has 11 aliphatic carbocycles. The summed E-state index contributed by atoms with van der Waals surface area (Å²) in [6, 6.07) is 0. The molecule has 11 aliphatic rings. The zero-order valence-electron chi connectivity index (χ0n) is 19.7. The predicted molar refractivity (Wildman–Crippen MR) is 120 cm³/mol. The van der Waals surface area contributed by atoms with Gasteiger partial charge in [-0.2, -0.15) is 0 Å². The Morgan fingerprint density at radius 3 is 2.00 bits per heavy atom. The van der Waals surface area contributed by atoms with E-state index in [2.05, 4.69) is 32.9 Å². The van der Waals surface area contributed by atoms with E-state index in [0.717, 1.165) is 52.3 Å². The smallest absolute Gasteiger partial charge is 0.0194 e. The maximum absolute atomic E-state index is 2.90. The van der Waals surface area contributed by atoms with E-state index in [1.54, 1.807) is 32.1 Å². The normalized spacial score (nSPS) is 83.8. The Morgan fingerprint density at radius 1 is 0.548 bits per heavy atom. The van der Waals surface area contributed by atoms with E-state index in [1.807, 2.05) is 0 Å². The maximum atomic E-state index is 2.90. The lowest BCUT2D eigenvalue weighted by molar-refractivity contribution is 0.0987. The number of rotatable bonds is 0. The average molecular weight is 413 g/mol. The van der Waals surface area contributed by atoms with Gasteiger partial charge in [-0.25, -0.2) is 0 Å².